The van der Waals surface area contributed by atoms with E-state index in [0.717, 1.165) is 17.5 Å². The van der Waals surface area contributed by atoms with Crippen LogP contribution in [0.5, 0.6) is 5.75 Å². The second-order valence-corrected chi connectivity index (χ2v) is 10.9. The Morgan fingerprint density at radius 3 is 2.48 bits per heavy atom. The lowest BCUT2D eigenvalue weighted by molar-refractivity contribution is -0.151. The number of benzene rings is 2. The molecule has 1 saturated heterocycles. The number of piperidine rings is 1. The van der Waals surface area contributed by atoms with Crippen molar-refractivity contribution < 1.29 is 28.6 Å². The first-order valence-corrected chi connectivity index (χ1v) is 15.1. The van der Waals surface area contributed by atoms with Crippen LogP contribution in [-0.2, 0) is 23.9 Å². The van der Waals surface area contributed by atoms with Gasteiger partial charge in [0.25, 0.3) is 0 Å². The van der Waals surface area contributed by atoms with Crippen molar-refractivity contribution in [1.82, 2.24) is 9.80 Å². The summed E-state index contributed by atoms with van der Waals surface area (Å²) in [6.07, 6.45) is 1.53. The number of para-hydroxylation sites is 1. The quantitative estimate of drug-likeness (QED) is 0.370. The number of amidine groups is 1. The van der Waals surface area contributed by atoms with Crippen LogP contribution in [-0.4, -0.2) is 66.2 Å². The van der Waals surface area contributed by atoms with Crippen molar-refractivity contribution in [1.29, 1.82) is 0 Å². The Morgan fingerprint density at radius 2 is 1.74 bits per heavy atom. The predicted molar refractivity (Wildman–Crippen MR) is 161 cm³/mol. The minimum Gasteiger partial charge on any atom is -0.496 e. The number of ether oxygens (including phenoxy) is 3. The van der Waals surface area contributed by atoms with Crippen molar-refractivity contribution in [2.24, 2.45) is 10.9 Å². The molecule has 5 rings (SSSR count). The molecule has 9 nitrogen and oxygen atoms in total. The van der Waals surface area contributed by atoms with Crippen LogP contribution in [0.4, 0.5) is 0 Å². The fourth-order valence-corrected chi connectivity index (χ4v) is 6.52. The maximum atomic E-state index is 13.7. The summed E-state index contributed by atoms with van der Waals surface area (Å²) in [4.78, 5) is 48.4. The number of hydrogen-bond acceptors (Lipinski definition) is 9. The highest BCUT2D eigenvalue weighted by Crippen LogP contribution is 2.49. The standard InChI is InChI=1S/C32H35N3O6S/c1-4-40-30(37)22-14-11-17-34(19-22)26(36)18-23-20-42-32-33-28(21-12-7-6-8-13-21)27(31(38)41-5-2)29(35(23)32)24-15-9-10-16-25(24)39-3/h6-10,12-13,15-16,20,22,29H,4-5,11,14,17-19H2,1-3H3/t22-,29-/m0/s1. The molecule has 10 heteroatoms. The van der Waals surface area contributed by atoms with E-state index < -0.39 is 12.0 Å². The summed E-state index contributed by atoms with van der Waals surface area (Å²) >= 11 is 1.41. The lowest BCUT2D eigenvalue weighted by Crippen LogP contribution is -2.44. The maximum absolute atomic E-state index is 13.7. The van der Waals surface area contributed by atoms with Crippen LogP contribution in [0.3, 0.4) is 0 Å². The van der Waals surface area contributed by atoms with Gasteiger partial charge >= 0.3 is 11.9 Å². The first kappa shape index (κ1) is 29.4. The predicted octanol–water partition coefficient (Wildman–Crippen LogP) is 5.16. The molecular formula is C32H35N3O6S. The summed E-state index contributed by atoms with van der Waals surface area (Å²) in [5, 5.41) is 2.58. The van der Waals surface area contributed by atoms with Gasteiger partial charge in [-0.2, -0.15) is 0 Å². The average molecular weight is 590 g/mol. The first-order chi connectivity index (χ1) is 20.5. The van der Waals surface area contributed by atoms with Gasteiger partial charge in [0, 0.05) is 29.9 Å². The van der Waals surface area contributed by atoms with Crippen molar-refractivity contribution in [3.8, 4) is 5.75 Å². The number of fused-ring (bicyclic) bond motifs is 1. The number of carbonyl (C=O) groups excluding carboxylic acids is 3. The van der Waals surface area contributed by atoms with E-state index in [-0.39, 0.29) is 30.8 Å². The molecule has 0 aliphatic carbocycles. The van der Waals surface area contributed by atoms with E-state index in [4.69, 9.17) is 19.2 Å². The van der Waals surface area contributed by atoms with Crippen molar-refractivity contribution in [2.45, 2.75) is 39.2 Å². The fraction of sp³-hybridized carbons (Fsp3) is 0.375. The molecule has 1 amide bonds. The zero-order valence-electron chi connectivity index (χ0n) is 24.1. The number of carbonyl (C=O) groups is 3. The summed E-state index contributed by atoms with van der Waals surface area (Å²) < 4.78 is 16.6. The van der Waals surface area contributed by atoms with Gasteiger partial charge in [0.15, 0.2) is 5.17 Å². The number of thioether (sulfide) groups is 1. The van der Waals surface area contributed by atoms with Crippen LogP contribution in [0.25, 0.3) is 5.70 Å². The number of methoxy groups -OCH3 is 1. The zero-order chi connectivity index (χ0) is 29.6. The molecule has 0 saturated carbocycles. The monoisotopic (exact) mass is 589 g/mol. The smallest absolute Gasteiger partial charge is 0.338 e. The average Bonchev–Trinajstić information content (AvgIpc) is 3.42. The van der Waals surface area contributed by atoms with Crippen LogP contribution in [0, 0.1) is 5.92 Å². The van der Waals surface area contributed by atoms with Gasteiger partial charge in [-0.05, 0) is 38.2 Å². The van der Waals surface area contributed by atoms with Crippen LogP contribution < -0.4 is 4.74 Å². The Kier molecular flexibility index (Phi) is 9.31. The van der Waals surface area contributed by atoms with Crippen LogP contribution in [0.15, 0.2) is 76.3 Å². The normalized spacial score (nSPS) is 20.0. The third-order valence-corrected chi connectivity index (χ3v) is 8.40. The lowest BCUT2D eigenvalue weighted by atomic mass is 9.90. The second-order valence-electron chi connectivity index (χ2n) is 10.1. The molecule has 2 aromatic rings. The summed E-state index contributed by atoms with van der Waals surface area (Å²) in [5.74, 6) is -0.550. The molecule has 42 heavy (non-hydrogen) atoms. The molecule has 0 bridgehead atoms. The highest BCUT2D eigenvalue weighted by molar-refractivity contribution is 8.16. The second kappa shape index (κ2) is 13.3. The van der Waals surface area contributed by atoms with E-state index >= 15 is 0 Å². The number of amides is 1. The molecule has 0 unspecified atom stereocenters. The van der Waals surface area contributed by atoms with E-state index in [9.17, 15) is 14.4 Å². The van der Waals surface area contributed by atoms with E-state index in [0.29, 0.717) is 54.0 Å². The van der Waals surface area contributed by atoms with E-state index in [1.807, 2.05) is 64.9 Å². The third-order valence-electron chi connectivity index (χ3n) is 7.51. The van der Waals surface area contributed by atoms with Gasteiger partial charge in [-0.1, -0.05) is 60.3 Å². The molecule has 0 N–H and O–H groups in total. The molecule has 3 aliphatic heterocycles. The van der Waals surface area contributed by atoms with Gasteiger partial charge in [0.05, 0.1) is 50.0 Å². The SMILES string of the molecule is CCOC(=O)C1=C(c2ccccc2)N=C2SC=C(CC(=O)N3CCC[C@H](C(=O)OCC)C3)N2[C@H]1c1ccccc1OC. The Labute approximate surface area is 250 Å². The van der Waals surface area contributed by atoms with Gasteiger partial charge in [0.1, 0.15) is 5.75 Å². The van der Waals surface area contributed by atoms with Gasteiger partial charge in [-0.25, -0.2) is 9.79 Å². The largest absolute Gasteiger partial charge is 0.496 e. The molecule has 2 aromatic carbocycles. The Bertz CT molecular complexity index is 1440. The number of aliphatic imine (C=N–C) groups is 1. The first-order valence-electron chi connectivity index (χ1n) is 14.2. The van der Waals surface area contributed by atoms with Gasteiger partial charge in [-0.15, -0.1) is 0 Å². The molecule has 0 radical (unpaired) electrons. The number of rotatable bonds is 9. The summed E-state index contributed by atoms with van der Waals surface area (Å²) in [5.41, 5.74) is 3.16. The number of likely N-dealkylation sites (tertiary alicyclic amines) is 1. The van der Waals surface area contributed by atoms with Crippen molar-refractivity contribution in [3.05, 3.63) is 82.4 Å². The minimum atomic E-state index is -0.648. The maximum Gasteiger partial charge on any atom is 0.338 e. The van der Waals surface area contributed by atoms with Gasteiger partial charge in [0.2, 0.25) is 5.91 Å². The number of esters is 2. The highest BCUT2D eigenvalue weighted by Gasteiger charge is 2.44. The Balaban J connectivity index is 1.53. The number of hydrogen-bond donors (Lipinski definition) is 0. The molecular weight excluding hydrogens is 554 g/mol. The van der Waals surface area contributed by atoms with E-state index in [2.05, 4.69) is 0 Å². The van der Waals surface area contributed by atoms with Crippen molar-refractivity contribution >= 4 is 40.5 Å². The zero-order valence-corrected chi connectivity index (χ0v) is 24.9. The van der Waals surface area contributed by atoms with E-state index in [1.165, 1.54) is 11.8 Å². The Morgan fingerprint density at radius 1 is 1.00 bits per heavy atom. The molecule has 2 atom stereocenters. The molecule has 220 valence electrons. The summed E-state index contributed by atoms with van der Waals surface area (Å²) in [7, 11) is 1.60. The topological polar surface area (TPSA) is 97.7 Å². The van der Waals surface area contributed by atoms with Gasteiger partial charge < -0.3 is 24.0 Å². The number of nitrogens with zero attached hydrogens (tertiary/aromatic N) is 3. The molecule has 1 fully saturated rings. The van der Waals surface area contributed by atoms with E-state index in [1.54, 1.807) is 25.9 Å². The molecule has 3 heterocycles. The Hall–Kier alpha value is -4.05. The lowest BCUT2D eigenvalue weighted by Gasteiger charge is -2.38. The van der Waals surface area contributed by atoms with Crippen molar-refractivity contribution in [3.63, 3.8) is 0 Å². The third kappa shape index (κ3) is 5.94. The molecule has 0 spiro atoms. The van der Waals surface area contributed by atoms with Crippen LogP contribution >= 0.6 is 11.8 Å². The highest BCUT2D eigenvalue weighted by atomic mass is 32.2. The minimum absolute atomic E-state index is 0.0873. The fourth-order valence-electron chi connectivity index (χ4n) is 5.60. The molecule has 0 aromatic heterocycles. The molecule has 3 aliphatic rings. The van der Waals surface area contributed by atoms with Crippen molar-refractivity contribution in [2.75, 3.05) is 33.4 Å². The van der Waals surface area contributed by atoms with Gasteiger partial charge in [-0.3, -0.25) is 9.59 Å². The summed E-state index contributed by atoms with van der Waals surface area (Å²) in [6.45, 7) is 4.99. The van der Waals surface area contributed by atoms with Crippen LogP contribution in [0.1, 0.15) is 50.3 Å². The van der Waals surface area contributed by atoms with Crippen LogP contribution in [0.2, 0.25) is 0 Å². The summed E-state index contributed by atoms with van der Waals surface area (Å²) in [6, 6.07) is 16.5.